The molecule has 1 fully saturated rings. The second-order valence-corrected chi connectivity index (χ2v) is 7.32. The van der Waals surface area contributed by atoms with E-state index < -0.39 is 0 Å². The highest BCUT2D eigenvalue weighted by Gasteiger charge is 2.21. The highest BCUT2D eigenvalue weighted by molar-refractivity contribution is 5.75. The van der Waals surface area contributed by atoms with Crippen LogP contribution >= 0.6 is 0 Å². The van der Waals surface area contributed by atoms with Crippen molar-refractivity contribution in [2.24, 2.45) is 5.92 Å². The van der Waals surface area contributed by atoms with Crippen LogP contribution in [0, 0.1) is 11.7 Å². The Labute approximate surface area is 165 Å². The normalized spacial score (nSPS) is 17.3. The maximum atomic E-state index is 13.6. The highest BCUT2D eigenvalue weighted by atomic mass is 19.1. The van der Waals surface area contributed by atoms with E-state index in [2.05, 4.69) is 15.2 Å². The lowest BCUT2D eigenvalue weighted by Crippen LogP contribution is -2.35. The molecule has 28 heavy (non-hydrogen) atoms. The topological polar surface area (TPSA) is 54.5 Å². The van der Waals surface area contributed by atoms with Crippen LogP contribution in [0.4, 0.5) is 4.39 Å². The molecule has 2 aromatic rings. The summed E-state index contributed by atoms with van der Waals surface area (Å²) in [4.78, 5) is 18.8. The zero-order chi connectivity index (χ0) is 19.8. The molecule has 1 atom stereocenters. The number of amides is 1. The fourth-order valence-corrected chi connectivity index (χ4v) is 3.76. The number of carbonyl (C=O) groups is 1. The molecular weight excluding hydrogens is 357 g/mol. The molecule has 1 aromatic heterocycles. The molecule has 0 radical (unpaired) electrons. The Bertz CT molecular complexity index is 784. The molecular formula is C22H28FN3O2. The van der Waals surface area contributed by atoms with Crippen LogP contribution in [0.2, 0.25) is 0 Å². The van der Waals surface area contributed by atoms with Crippen molar-refractivity contribution in [1.29, 1.82) is 0 Å². The molecule has 1 aromatic carbocycles. The quantitative estimate of drug-likeness (QED) is 0.755. The maximum absolute atomic E-state index is 13.6. The van der Waals surface area contributed by atoms with Gasteiger partial charge >= 0.3 is 0 Å². The molecule has 0 unspecified atom stereocenters. The molecule has 6 heteroatoms. The lowest BCUT2D eigenvalue weighted by molar-refractivity contribution is -0.121. The summed E-state index contributed by atoms with van der Waals surface area (Å²) in [7, 11) is 1.64. The largest absolute Gasteiger partial charge is 0.481 e. The second kappa shape index (κ2) is 10.2. The summed E-state index contributed by atoms with van der Waals surface area (Å²) in [6.45, 7) is 3.07. The number of pyridine rings is 1. The molecule has 1 saturated heterocycles. The van der Waals surface area contributed by atoms with Crippen LogP contribution in [-0.4, -0.2) is 36.0 Å². The molecule has 1 amide bonds. The van der Waals surface area contributed by atoms with E-state index in [4.69, 9.17) is 4.74 Å². The number of hydrogen-bond acceptors (Lipinski definition) is 4. The van der Waals surface area contributed by atoms with E-state index in [1.54, 1.807) is 31.5 Å². The molecule has 0 aliphatic carbocycles. The van der Waals surface area contributed by atoms with Gasteiger partial charge in [-0.3, -0.25) is 9.69 Å². The number of ether oxygens (including phenoxy) is 1. The van der Waals surface area contributed by atoms with Crippen molar-refractivity contribution in [3.63, 3.8) is 0 Å². The van der Waals surface area contributed by atoms with E-state index in [0.29, 0.717) is 23.8 Å². The molecule has 0 bridgehead atoms. The van der Waals surface area contributed by atoms with Gasteiger partial charge in [0.25, 0.3) is 0 Å². The average Bonchev–Trinajstić information content (AvgIpc) is 2.72. The van der Waals surface area contributed by atoms with E-state index in [9.17, 15) is 9.18 Å². The van der Waals surface area contributed by atoms with Crippen LogP contribution < -0.4 is 10.1 Å². The van der Waals surface area contributed by atoms with Gasteiger partial charge in [-0.15, -0.1) is 0 Å². The van der Waals surface area contributed by atoms with Crippen LogP contribution in [0.25, 0.3) is 0 Å². The fourth-order valence-electron chi connectivity index (χ4n) is 3.76. The van der Waals surface area contributed by atoms with Gasteiger partial charge in [0.05, 0.1) is 7.11 Å². The summed E-state index contributed by atoms with van der Waals surface area (Å²) in [6.07, 6.45) is 5.33. The zero-order valence-corrected chi connectivity index (χ0v) is 16.4. The van der Waals surface area contributed by atoms with Crippen LogP contribution in [-0.2, 0) is 17.9 Å². The third-order valence-corrected chi connectivity index (χ3v) is 5.25. The lowest BCUT2D eigenvalue weighted by atomic mass is 9.93. The van der Waals surface area contributed by atoms with Crippen molar-refractivity contribution in [2.75, 3.05) is 20.2 Å². The Morgan fingerprint density at radius 2 is 2.11 bits per heavy atom. The summed E-state index contributed by atoms with van der Waals surface area (Å²) in [5.74, 6) is 0.874. The van der Waals surface area contributed by atoms with E-state index in [-0.39, 0.29) is 18.3 Å². The summed E-state index contributed by atoms with van der Waals surface area (Å²) in [6, 6.07) is 10.5. The van der Waals surface area contributed by atoms with E-state index in [0.717, 1.165) is 44.5 Å². The highest BCUT2D eigenvalue weighted by Crippen LogP contribution is 2.24. The second-order valence-electron chi connectivity index (χ2n) is 7.32. The van der Waals surface area contributed by atoms with E-state index >= 15 is 0 Å². The third-order valence-electron chi connectivity index (χ3n) is 5.25. The standard InChI is InChI=1S/C22H28FN3O2/c1-28-22-19(8-4-12-24-22)16-26-13-5-6-17(15-26)10-11-21(27)25-14-18-7-2-3-9-20(18)23/h2-4,7-9,12,17H,5-6,10-11,13-16H2,1H3,(H,25,27)/t17-/m0/s1. The van der Waals surface area contributed by atoms with Crippen LogP contribution in [0.3, 0.4) is 0 Å². The zero-order valence-electron chi connectivity index (χ0n) is 16.4. The minimum atomic E-state index is -0.281. The first kappa shape index (κ1) is 20.3. The van der Waals surface area contributed by atoms with Gasteiger partial charge in [-0.05, 0) is 43.9 Å². The predicted octanol–water partition coefficient (Wildman–Crippen LogP) is 3.54. The molecule has 1 aliphatic heterocycles. The van der Waals surface area contributed by atoms with Gasteiger partial charge in [0.15, 0.2) is 0 Å². The summed E-state index contributed by atoms with van der Waals surface area (Å²) >= 11 is 0. The SMILES string of the molecule is COc1ncccc1CN1CCC[C@@H](CCC(=O)NCc2ccccc2F)C1. The average molecular weight is 385 g/mol. The Hall–Kier alpha value is -2.47. The smallest absolute Gasteiger partial charge is 0.220 e. The minimum absolute atomic E-state index is 0.0192. The van der Waals surface area contributed by atoms with Crippen molar-refractivity contribution in [3.8, 4) is 5.88 Å². The number of rotatable bonds is 8. The number of likely N-dealkylation sites (tertiary alicyclic amines) is 1. The summed E-state index contributed by atoms with van der Waals surface area (Å²) < 4.78 is 19.0. The number of piperidine rings is 1. The first-order chi connectivity index (χ1) is 13.7. The van der Waals surface area contributed by atoms with Crippen LogP contribution in [0.15, 0.2) is 42.6 Å². The first-order valence-corrected chi connectivity index (χ1v) is 9.86. The van der Waals surface area contributed by atoms with E-state index in [1.807, 2.05) is 12.1 Å². The van der Waals surface area contributed by atoms with Crippen molar-refractivity contribution >= 4 is 5.91 Å². The molecule has 5 nitrogen and oxygen atoms in total. The fraction of sp³-hybridized carbons (Fsp3) is 0.455. The number of hydrogen-bond donors (Lipinski definition) is 1. The summed E-state index contributed by atoms with van der Waals surface area (Å²) in [5, 5.41) is 2.83. The van der Waals surface area contributed by atoms with E-state index in [1.165, 1.54) is 6.07 Å². The maximum Gasteiger partial charge on any atom is 0.220 e. The van der Waals surface area contributed by atoms with Crippen molar-refractivity contribution in [3.05, 3.63) is 59.5 Å². The summed E-state index contributed by atoms with van der Waals surface area (Å²) in [5.41, 5.74) is 1.61. The third kappa shape index (κ3) is 5.76. The Morgan fingerprint density at radius 1 is 1.29 bits per heavy atom. The van der Waals surface area contributed by atoms with Crippen LogP contribution in [0.1, 0.15) is 36.8 Å². The Morgan fingerprint density at radius 3 is 2.93 bits per heavy atom. The molecule has 1 N–H and O–H groups in total. The Balaban J connectivity index is 1.43. The van der Waals surface area contributed by atoms with Gasteiger partial charge in [0.1, 0.15) is 5.82 Å². The molecule has 0 saturated carbocycles. The Kier molecular flexibility index (Phi) is 7.37. The molecule has 0 spiro atoms. The lowest BCUT2D eigenvalue weighted by Gasteiger charge is -2.32. The van der Waals surface area contributed by atoms with Crippen LogP contribution in [0.5, 0.6) is 5.88 Å². The number of halogens is 1. The minimum Gasteiger partial charge on any atom is -0.481 e. The van der Waals surface area contributed by atoms with Gasteiger partial charge in [-0.2, -0.15) is 0 Å². The van der Waals surface area contributed by atoms with Crippen molar-refractivity contribution < 1.29 is 13.9 Å². The van der Waals surface area contributed by atoms with Crippen molar-refractivity contribution in [2.45, 2.75) is 38.8 Å². The monoisotopic (exact) mass is 385 g/mol. The molecule has 3 rings (SSSR count). The van der Waals surface area contributed by atoms with Gasteiger partial charge < -0.3 is 10.1 Å². The number of nitrogens with zero attached hydrogens (tertiary/aromatic N) is 2. The van der Waals surface area contributed by atoms with Gasteiger partial charge in [-0.25, -0.2) is 9.37 Å². The predicted molar refractivity (Wildman–Crippen MR) is 106 cm³/mol. The van der Waals surface area contributed by atoms with Crippen molar-refractivity contribution in [1.82, 2.24) is 15.2 Å². The number of aromatic nitrogens is 1. The number of benzene rings is 1. The first-order valence-electron chi connectivity index (χ1n) is 9.86. The number of methoxy groups -OCH3 is 1. The molecule has 1 aliphatic rings. The van der Waals surface area contributed by atoms with Gasteiger partial charge in [-0.1, -0.05) is 24.3 Å². The number of nitrogens with one attached hydrogen (secondary N) is 1. The number of carbonyl (C=O) groups excluding carboxylic acids is 1. The molecule has 2 heterocycles. The van der Waals surface area contributed by atoms with Gasteiger partial charge in [0.2, 0.25) is 11.8 Å². The molecule has 150 valence electrons. The van der Waals surface area contributed by atoms with Gasteiger partial charge in [0, 0.05) is 43.4 Å².